The highest BCUT2D eigenvalue weighted by Crippen LogP contribution is 2.13. The first kappa shape index (κ1) is 14.3. The van der Waals surface area contributed by atoms with E-state index in [2.05, 4.69) is 6.07 Å². The number of methoxy groups -OCH3 is 1. The van der Waals surface area contributed by atoms with Gasteiger partial charge in [0, 0.05) is 26.3 Å². The van der Waals surface area contributed by atoms with Crippen molar-refractivity contribution in [2.45, 2.75) is 18.9 Å². The molecule has 1 aliphatic heterocycles. The van der Waals surface area contributed by atoms with E-state index in [1.165, 1.54) is 0 Å². The molecule has 1 aliphatic rings. The van der Waals surface area contributed by atoms with Gasteiger partial charge in [0.05, 0.1) is 17.7 Å². The van der Waals surface area contributed by atoms with Crippen LogP contribution >= 0.6 is 0 Å². The van der Waals surface area contributed by atoms with Crippen LogP contribution in [0.15, 0.2) is 30.3 Å². The molecule has 0 saturated carbocycles. The Morgan fingerprint density at radius 1 is 1.55 bits per heavy atom. The van der Waals surface area contributed by atoms with Crippen LogP contribution in [0.25, 0.3) is 6.08 Å². The van der Waals surface area contributed by atoms with Gasteiger partial charge >= 0.3 is 0 Å². The number of nitrogens with zero attached hydrogens (tertiary/aromatic N) is 2. The van der Waals surface area contributed by atoms with Crippen LogP contribution in [0.5, 0.6) is 0 Å². The molecule has 1 unspecified atom stereocenters. The Bertz CT molecular complexity index is 546. The lowest BCUT2D eigenvalue weighted by Gasteiger charge is -2.31. The summed E-state index contributed by atoms with van der Waals surface area (Å²) in [4.78, 5) is 13.9. The van der Waals surface area contributed by atoms with Crippen LogP contribution in [-0.2, 0) is 9.53 Å². The Labute approximate surface area is 119 Å². The van der Waals surface area contributed by atoms with E-state index in [1.807, 2.05) is 17.0 Å². The molecular formula is C16H18N2O2. The van der Waals surface area contributed by atoms with Crippen LogP contribution < -0.4 is 0 Å². The van der Waals surface area contributed by atoms with Crippen molar-refractivity contribution in [3.05, 3.63) is 41.5 Å². The minimum atomic E-state index is -0.00545. The van der Waals surface area contributed by atoms with Gasteiger partial charge in [0.15, 0.2) is 0 Å². The summed E-state index contributed by atoms with van der Waals surface area (Å²) < 4.78 is 5.31. The van der Waals surface area contributed by atoms with Gasteiger partial charge in [-0.15, -0.1) is 0 Å². The second-order valence-corrected chi connectivity index (χ2v) is 4.85. The minimum Gasteiger partial charge on any atom is -0.380 e. The van der Waals surface area contributed by atoms with Crippen molar-refractivity contribution in [3.63, 3.8) is 0 Å². The third-order valence-electron chi connectivity index (χ3n) is 3.46. The summed E-state index contributed by atoms with van der Waals surface area (Å²) in [6, 6.07) is 9.27. The van der Waals surface area contributed by atoms with Gasteiger partial charge in [0.1, 0.15) is 0 Å². The Morgan fingerprint density at radius 3 is 3.15 bits per heavy atom. The summed E-state index contributed by atoms with van der Waals surface area (Å²) in [6.45, 7) is 1.43. The number of carbonyl (C=O) groups is 1. The van der Waals surface area contributed by atoms with Gasteiger partial charge in [0.25, 0.3) is 0 Å². The fourth-order valence-electron chi connectivity index (χ4n) is 2.32. The zero-order valence-corrected chi connectivity index (χ0v) is 11.6. The standard InChI is InChI=1S/C16H18N2O2/c1-20-15-6-3-9-18(12-15)16(19)8-7-13-4-2-5-14(10-13)11-17/h2,4-5,7-8,10,15H,3,6,9,12H2,1H3/b8-7+. The molecule has 1 fully saturated rings. The summed E-state index contributed by atoms with van der Waals surface area (Å²) in [5.41, 5.74) is 1.45. The topological polar surface area (TPSA) is 53.3 Å². The summed E-state index contributed by atoms with van der Waals surface area (Å²) in [7, 11) is 1.68. The Morgan fingerprint density at radius 2 is 2.40 bits per heavy atom. The molecule has 4 nitrogen and oxygen atoms in total. The third-order valence-corrected chi connectivity index (χ3v) is 3.46. The summed E-state index contributed by atoms with van der Waals surface area (Å²) in [6.07, 6.45) is 5.44. The van der Waals surface area contributed by atoms with E-state index in [4.69, 9.17) is 10.00 Å². The van der Waals surface area contributed by atoms with E-state index in [-0.39, 0.29) is 12.0 Å². The van der Waals surface area contributed by atoms with Gasteiger partial charge in [-0.1, -0.05) is 12.1 Å². The van der Waals surface area contributed by atoms with Crippen LogP contribution in [0.1, 0.15) is 24.0 Å². The number of hydrogen-bond donors (Lipinski definition) is 0. The molecule has 0 N–H and O–H groups in total. The normalized spacial score (nSPS) is 19.0. The molecule has 1 heterocycles. The first-order valence-corrected chi connectivity index (χ1v) is 6.73. The SMILES string of the molecule is COC1CCCN(C(=O)/C=C/c2cccc(C#N)c2)C1. The lowest BCUT2D eigenvalue weighted by molar-refractivity contribution is -0.129. The molecular weight excluding hydrogens is 252 g/mol. The van der Waals surface area contributed by atoms with Crippen molar-refractivity contribution in [1.29, 1.82) is 5.26 Å². The first-order chi connectivity index (χ1) is 9.72. The molecule has 1 saturated heterocycles. The number of hydrogen-bond acceptors (Lipinski definition) is 3. The van der Waals surface area contributed by atoms with E-state index in [1.54, 1.807) is 31.4 Å². The number of rotatable bonds is 3. The highest BCUT2D eigenvalue weighted by atomic mass is 16.5. The molecule has 0 aromatic heterocycles. The van der Waals surface area contributed by atoms with Crippen molar-refractivity contribution in [1.82, 2.24) is 4.90 Å². The largest absolute Gasteiger partial charge is 0.380 e. The molecule has 0 bridgehead atoms. The molecule has 2 rings (SSSR count). The fraction of sp³-hybridized carbons (Fsp3) is 0.375. The second kappa shape index (κ2) is 6.88. The van der Waals surface area contributed by atoms with E-state index >= 15 is 0 Å². The Balaban J connectivity index is 1.99. The monoisotopic (exact) mass is 270 g/mol. The number of benzene rings is 1. The van der Waals surface area contributed by atoms with Crippen molar-refractivity contribution < 1.29 is 9.53 Å². The molecule has 104 valence electrons. The molecule has 4 heteroatoms. The fourth-order valence-corrected chi connectivity index (χ4v) is 2.32. The number of ether oxygens (including phenoxy) is 1. The molecule has 0 spiro atoms. The van der Waals surface area contributed by atoms with Gasteiger partial charge in [0.2, 0.25) is 5.91 Å². The van der Waals surface area contributed by atoms with Crippen molar-refractivity contribution in [2.24, 2.45) is 0 Å². The summed E-state index contributed by atoms with van der Waals surface area (Å²) in [5, 5.41) is 8.84. The number of piperidine rings is 1. The van der Waals surface area contributed by atoms with Gasteiger partial charge in [-0.3, -0.25) is 4.79 Å². The van der Waals surface area contributed by atoms with E-state index < -0.39 is 0 Å². The van der Waals surface area contributed by atoms with Crippen LogP contribution in [0.4, 0.5) is 0 Å². The van der Waals surface area contributed by atoms with Gasteiger partial charge in [-0.2, -0.15) is 5.26 Å². The molecule has 1 aromatic rings. The maximum Gasteiger partial charge on any atom is 0.246 e. The third kappa shape index (κ3) is 3.69. The average Bonchev–Trinajstić information content (AvgIpc) is 2.52. The predicted octanol–water partition coefficient (Wildman–Crippen LogP) is 2.21. The lowest BCUT2D eigenvalue weighted by Crippen LogP contribution is -2.42. The summed E-state index contributed by atoms with van der Waals surface area (Å²) in [5.74, 6) is -0.00545. The van der Waals surface area contributed by atoms with Crippen LogP contribution in [0, 0.1) is 11.3 Å². The first-order valence-electron chi connectivity index (χ1n) is 6.73. The molecule has 20 heavy (non-hydrogen) atoms. The Hall–Kier alpha value is -2.12. The number of amides is 1. The molecule has 1 amide bonds. The van der Waals surface area contributed by atoms with Gasteiger partial charge in [-0.05, 0) is 36.6 Å². The van der Waals surface area contributed by atoms with E-state index in [0.717, 1.165) is 24.9 Å². The Kier molecular flexibility index (Phi) is 4.91. The maximum atomic E-state index is 12.1. The zero-order valence-electron chi connectivity index (χ0n) is 11.6. The van der Waals surface area contributed by atoms with Crippen molar-refractivity contribution in [3.8, 4) is 6.07 Å². The van der Waals surface area contributed by atoms with Crippen LogP contribution in [0.2, 0.25) is 0 Å². The van der Waals surface area contributed by atoms with Crippen LogP contribution in [-0.4, -0.2) is 37.1 Å². The number of nitriles is 1. The summed E-state index contributed by atoms with van der Waals surface area (Å²) >= 11 is 0. The van der Waals surface area contributed by atoms with Crippen molar-refractivity contribution >= 4 is 12.0 Å². The quantitative estimate of drug-likeness (QED) is 0.791. The highest BCUT2D eigenvalue weighted by molar-refractivity contribution is 5.91. The van der Waals surface area contributed by atoms with E-state index in [9.17, 15) is 4.79 Å². The van der Waals surface area contributed by atoms with Gasteiger partial charge in [-0.25, -0.2) is 0 Å². The average molecular weight is 270 g/mol. The van der Waals surface area contributed by atoms with Gasteiger partial charge < -0.3 is 9.64 Å². The highest BCUT2D eigenvalue weighted by Gasteiger charge is 2.21. The van der Waals surface area contributed by atoms with E-state index in [0.29, 0.717) is 12.1 Å². The maximum absolute atomic E-state index is 12.1. The zero-order chi connectivity index (χ0) is 14.4. The number of likely N-dealkylation sites (tertiary alicyclic amines) is 1. The smallest absolute Gasteiger partial charge is 0.246 e. The number of carbonyl (C=O) groups excluding carboxylic acids is 1. The minimum absolute atomic E-state index is 0.00545. The molecule has 1 aromatic carbocycles. The predicted molar refractivity (Wildman–Crippen MR) is 76.8 cm³/mol. The molecule has 0 radical (unpaired) electrons. The second-order valence-electron chi connectivity index (χ2n) is 4.85. The molecule has 1 atom stereocenters. The van der Waals surface area contributed by atoms with Crippen molar-refractivity contribution in [2.75, 3.05) is 20.2 Å². The van der Waals surface area contributed by atoms with Crippen LogP contribution in [0.3, 0.4) is 0 Å². The molecule has 0 aliphatic carbocycles. The lowest BCUT2D eigenvalue weighted by atomic mass is 10.1.